The number of nitrogens with zero attached hydrogens (tertiary/aromatic N) is 1. The average molecular weight is 443 g/mol. The molecule has 0 aliphatic carbocycles. The number of ether oxygens (including phenoxy) is 4. The van der Waals surface area contributed by atoms with Gasteiger partial charge in [0.15, 0.2) is 11.5 Å². The van der Waals surface area contributed by atoms with Gasteiger partial charge < -0.3 is 29.2 Å². The van der Waals surface area contributed by atoms with Crippen molar-refractivity contribution in [2.24, 2.45) is 5.92 Å². The summed E-state index contributed by atoms with van der Waals surface area (Å²) in [4.78, 5) is 27.3. The van der Waals surface area contributed by atoms with Crippen molar-refractivity contribution in [1.82, 2.24) is 10.2 Å². The topological polar surface area (TPSA) is 86.3 Å². The molecule has 1 aliphatic rings. The predicted molar refractivity (Wildman–Crippen MR) is 120 cm³/mol. The maximum atomic E-state index is 12.9. The van der Waals surface area contributed by atoms with E-state index in [9.17, 15) is 9.59 Å². The van der Waals surface area contributed by atoms with E-state index in [4.69, 9.17) is 18.9 Å². The molecule has 3 rings (SSSR count). The molecule has 0 spiro atoms. The Morgan fingerprint density at radius 2 is 1.47 bits per heavy atom. The molecule has 2 amide bonds. The number of nitrogens with one attached hydrogen (secondary N) is 1. The van der Waals surface area contributed by atoms with Gasteiger partial charge in [0, 0.05) is 36.8 Å². The quantitative estimate of drug-likeness (QED) is 0.676. The summed E-state index contributed by atoms with van der Waals surface area (Å²) < 4.78 is 21.0. The van der Waals surface area contributed by atoms with Crippen molar-refractivity contribution in [3.05, 3.63) is 47.5 Å². The molecule has 1 N–H and O–H groups in total. The van der Waals surface area contributed by atoms with E-state index < -0.39 is 0 Å². The van der Waals surface area contributed by atoms with E-state index in [1.165, 1.54) is 7.11 Å². The van der Waals surface area contributed by atoms with Crippen LogP contribution in [0.25, 0.3) is 0 Å². The van der Waals surface area contributed by atoms with E-state index in [1.807, 2.05) is 4.90 Å². The molecular weight excluding hydrogens is 412 g/mol. The number of methoxy groups -OCH3 is 4. The zero-order valence-corrected chi connectivity index (χ0v) is 19.0. The van der Waals surface area contributed by atoms with Crippen LogP contribution in [0.1, 0.15) is 33.6 Å². The standard InChI is InChI=1S/C24H30N2O6/c1-29-19-11-18(12-20(14-19)30-2)24(28)26-9-7-16(8-10-26)15-25-23(27)17-5-6-21(31-3)22(13-17)32-4/h5-6,11-14,16H,7-10,15H2,1-4H3,(H,25,27). The highest BCUT2D eigenvalue weighted by molar-refractivity contribution is 5.95. The first kappa shape index (κ1) is 23.2. The molecule has 1 aliphatic heterocycles. The molecule has 32 heavy (non-hydrogen) atoms. The summed E-state index contributed by atoms with van der Waals surface area (Å²) in [5.74, 6) is 2.36. The van der Waals surface area contributed by atoms with Crippen molar-refractivity contribution < 1.29 is 28.5 Å². The molecular formula is C24H30N2O6. The Morgan fingerprint density at radius 1 is 0.844 bits per heavy atom. The van der Waals surface area contributed by atoms with Gasteiger partial charge in [0.25, 0.3) is 11.8 Å². The van der Waals surface area contributed by atoms with E-state index >= 15 is 0 Å². The fraction of sp³-hybridized carbons (Fsp3) is 0.417. The highest BCUT2D eigenvalue weighted by Crippen LogP contribution is 2.28. The predicted octanol–water partition coefficient (Wildman–Crippen LogP) is 3.00. The summed E-state index contributed by atoms with van der Waals surface area (Å²) in [6.45, 7) is 1.83. The summed E-state index contributed by atoms with van der Waals surface area (Å²) >= 11 is 0. The van der Waals surface area contributed by atoms with Gasteiger partial charge in [0.1, 0.15) is 11.5 Å². The Bertz CT molecular complexity index is 931. The third-order valence-electron chi connectivity index (χ3n) is 5.70. The van der Waals surface area contributed by atoms with E-state index in [0.717, 1.165) is 12.8 Å². The Kier molecular flexibility index (Phi) is 7.81. The van der Waals surface area contributed by atoms with Gasteiger partial charge in [-0.15, -0.1) is 0 Å². The normalized spacial score (nSPS) is 13.9. The summed E-state index contributed by atoms with van der Waals surface area (Å²) in [5, 5.41) is 2.99. The Balaban J connectivity index is 1.53. The highest BCUT2D eigenvalue weighted by Gasteiger charge is 2.25. The lowest BCUT2D eigenvalue weighted by atomic mass is 9.96. The molecule has 8 nitrogen and oxygen atoms in total. The molecule has 1 fully saturated rings. The molecule has 2 aromatic rings. The van der Waals surface area contributed by atoms with Gasteiger partial charge in [-0.2, -0.15) is 0 Å². The number of carbonyl (C=O) groups excluding carboxylic acids is 2. The van der Waals surface area contributed by atoms with Gasteiger partial charge in [-0.05, 0) is 49.1 Å². The minimum Gasteiger partial charge on any atom is -0.497 e. The molecule has 0 atom stereocenters. The fourth-order valence-corrected chi connectivity index (χ4v) is 3.77. The zero-order chi connectivity index (χ0) is 23.1. The van der Waals surface area contributed by atoms with E-state index in [1.54, 1.807) is 57.7 Å². The summed E-state index contributed by atoms with van der Waals surface area (Å²) in [6, 6.07) is 10.3. The Hall–Kier alpha value is -3.42. The van der Waals surface area contributed by atoms with Gasteiger partial charge in [0.05, 0.1) is 28.4 Å². The van der Waals surface area contributed by atoms with Crippen molar-refractivity contribution >= 4 is 11.8 Å². The zero-order valence-electron chi connectivity index (χ0n) is 19.0. The van der Waals surface area contributed by atoms with Crippen LogP contribution in [0.3, 0.4) is 0 Å². The second-order valence-corrected chi connectivity index (χ2v) is 7.62. The second kappa shape index (κ2) is 10.7. The minimum absolute atomic E-state index is 0.0463. The number of hydrogen-bond acceptors (Lipinski definition) is 6. The van der Waals surface area contributed by atoms with Crippen LogP contribution in [0.4, 0.5) is 0 Å². The molecule has 0 unspecified atom stereocenters. The van der Waals surface area contributed by atoms with Crippen molar-refractivity contribution in [2.45, 2.75) is 12.8 Å². The van der Waals surface area contributed by atoms with Crippen LogP contribution in [-0.4, -0.2) is 64.8 Å². The molecule has 2 aromatic carbocycles. The van der Waals surface area contributed by atoms with Crippen LogP contribution in [0, 0.1) is 5.92 Å². The second-order valence-electron chi connectivity index (χ2n) is 7.62. The lowest BCUT2D eigenvalue weighted by Gasteiger charge is -2.32. The Labute approximate surface area is 188 Å². The van der Waals surface area contributed by atoms with E-state index in [2.05, 4.69) is 5.32 Å². The largest absolute Gasteiger partial charge is 0.497 e. The smallest absolute Gasteiger partial charge is 0.254 e. The molecule has 0 aromatic heterocycles. The summed E-state index contributed by atoms with van der Waals surface area (Å²) in [7, 11) is 6.21. The van der Waals surface area contributed by atoms with Crippen LogP contribution >= 0.6 is 0 Å². The first-order chi connectivity index (χ1) is 15.5. The van der Waals surface area contributed by atoms with Crippen LogP contribution in [0.5, 0.6) is 23.0 Å². The van der Waals surface area contributed by atoms with Crippen molar-refractivity contribution in [3.63, 3.8) is 0 Å². The molecule has 0 bridgehead atoms. The van der Waals surface area contributed by atoms with Gasteiger partial charge in [-0.1, -0.05) is 0 Å². The van der Waals surface area contributed by atoms with Gasteiger partial charge in [-0.3, -0.25) is 9.59 Å². The molecule has 0 saturated carbocycles. The SMILES string of the molecule is COc1cc(OC)cc(C(=O)N2CCC(CNC(=O)c3ccc(OC)c(OC)c3)CC2)c1. The first-order valence-electron chi connectivity index (χ1n) is 10.5. The number of benzene rings is 2. The van der Waals surface area contributed by atoms with Gasteiger partial charge in [-0.25, -0.2) is 0 Å². The van der Waals surface area contributed by atoms with E-state index in [-0.39, 0.29) is 11.8 Å². The van der Waals surface area contributed by atoms with Crippen molar-refractivity contribution in [1.29, 1.82) is 0 Å². The molecule has 0 radical (unpaired) electrons. The van der Waals surface area contributed by atoms with Crippen molar-refractivity contribution in [3.8, 4) is 23.0 Å². The average Bonchev–Trinajstić information content (AvgIpc) is 2.86. The van der Waals surface area contributed by atoms with Crippen LogP contribution in [-0.2, 0) is 0 Å². The van der Waals surface area contributed by atoms with Crippen LogP contribution in [0.2, 0.25) is 0 Å². The van der Waals surface area contributed by atoms with Crippen molar-refractivity contribution in [2.75, 3.05) is 48.1 Å². The monoisotopic (exact) mass is 442 g/mol. The Morgan fingerprint density at radius 3 is 2.03 bits per heavy atom. The molecule has 1 saturated heterocycles. The summed E-state index contributed by atoms with van der Waals surface area (Å²) in [6.07, 6.45) is 1.64. The molecule has 172 valence electrons. The molecule has 1 heterocycles. The third kappa shape index (κ3) is 5.43. The van der Waals surface area contributed by atoms with E-state index in [0.29, 0.717) is 59.7 Å². The fourth-order valence-electron chi connectivity index (χ4n) is 3.77. The minimum atomic E-state index is -0.159. The molecule has 8 heteroatoms. The summed E-state index contributed by atoms with van der Waals surface area (Å²) in [5.41, 5.74) is 1.06. The lowest BCUT2D eigenvalue weighted by molar-refractivity contribution is 0.0683. The first-order valence-corrected chi connectivity index (χ1v) is 10.5. The number of rotatable bonds is 8. The maximum absolute atomic E-state index is 12.9. The van der Waals surface area contributed by atoms with Crippen LogP contribution in [0.15, 0.2) is 36.4 Å². The number of carbonyl (C=O) groups is 2. The number of piperidine rings is 1. The maximum Gasteiger partial charge on any atom is 0.254 e. The lowest BCUT2D eigenvalue weighted by Crippen LogP contribution is -2.41. The number of likely N-dealkylation sites (tertiary alicyclic amines) is 1. The van der Waals surface area contributed by atoms with Crippen LogP contribution < -0.4 is 24.3 Å². The number of amides is 2. The van der Waals surface area contributed by atoms with Gasteiger partial charge in [0.2, 0.25) is 0 Å². The number of hydrogen-bond donors (Lipinski definition) is 1. The highest BCUT2D eigenvalue weighted by atomic mass is 16.5. The van der Waals surface area contributed by atoms with Gasteiger partial charge >= 0.3 is 0 Å². The third-order valence-corrected chi connectivity index (χ3v) is 5.70.